The van der Waals surface area contributed by atoms with Crippen molar-refractivity contribution in [2.75, 3.05) is 51.8 Å². The molecule has 222 valence electrons. The first-order valence-corrected chi connectivity index (χ1v) is 15.8. The van der Waals surface area contributed by atoms with Crippen molar-refractivity contribution in [1.82, 2.24) is 19.8 Å². The predicted octanol–water partition coefficient (Wildman–Crippen LogP) is 3.66. The minimum absolute atomic E-state index is 0.0777. The van der Waals surface area contributed by atoms with Gasteiger partial charge < -0.3 is 24.2 Å². The summed E-state index contributed by atoms with van der Waals surface area (Å²) in [7, 11) is 3.97. The first-order valence-electron chi connectivity index (χ1n) is 15.0. The highest BCUT2D eigenvalue weighted by Crippen LogP contribution is 2.51. The number of thioether (sulfide) groups is 1. The molecule has 2 aromatic rings. The normalized spacial score (nSPS) is 27.3. The molecule has 1 aromatic heterocycles. The van der Waals surface area contributed by atoms with Gasteiger partial charge in [-0.2, -0.15) is 15.2 Å². The Hall–Kier alpha value is -3.13. The van der Waals surface area contributed by atoms with E-state index in [1.165, 1.54) is 23.0 Å². The van der Waals surface area contributed by atoms with Crippen molar-refractivity contribution >= 4 is 23.5 Å². The van der Waals surface area contributed by atoms with Crippen LogP contribution in [0.25, 0.3) is 0 Å². The lowest BCUT2D eigenvalue weighted by Crippen LogP contribution is -2.55. The van der Waals surface area contributed by atoms with E-state index in [9.17, 15) is 10.1 Å². The summed E-state index contributed by atoms with van der Waals surface area (Å²) in [5.41, 5.74) is 3.52. The number of piperazine rings is 1. The Balaban J connectivity index is 1.34. The minimum atomic E-state index is -0.227. The highest BCUT2D eigenvalue weighted by atomic mass is 32.2. The van der Waals surface area contributed by atoms with Crippen LogP contribution in [-0.2, 0) is 28.8 Å². The fourth-order valence-corrected chi connectivity index (χ4v) is 8.72. The Labute approximate surface area is 252 Å². The third-order valence-electron chi connectivity index (χ3n) is 9.52. The van der Waals surface area contributed by atoms with Crippen molar-refractivity contribution in [1.29, 1.82) is 5.26 Å². The number of likely N-dealkylation sites (N-methyl/N-ethyl adjacent to an activating group) is 1. The van der Waals surface area contributed by atoms with Crippen molar-refractivity contribution in [2.45, 2.75) is 72.8 Å². The Morgan fingerprint density at radius 2 is 2.12 bits per heavy atom. The van der Waals surface area contributed by atoms with Crippen LogP contribution in [0.4, 0.5) is 5.82 Å². The highest BCUT2D eigenvalue weighted by molar-refractivity contribution is 8.00. The molecule has 4 atom stereocenters. The Morgan fingerprint density at radius 1 is 1.26 bits per heavy atom. The van der Waals surface area contributed by atoms with Crippen LogP contribution in [-0.4, -0.2) is 95.6 Å². The number of nitriles is 1. The zero-order valence-corrected chi connectivity index (χ0v) is 25.4. The van der Waals surface area contributed by atoms with E-state index in [0.29, 0.717) is 38.3 Å². The second-order valence-corrected chi connectivity index (χ2v) is 13.4. The zero-order valence-electron chi connectivity index (χ0n) is 24.6. The maximum absolute atomic E-state index is 12.6. The molecule has 6 rings (SSSR count). The van der Waals surface area contributed by atoms with Gasteiger partial charge in [0, 0.05) is 56.1 Å². The number of nitrogens with zero attached hydrogens (tertiary/aromatic N) is 6. The molecule has 2 saturated heterocycles. The number of amides is 1. The van der Waals surface area contributed by atoms with Crippen LogP contribution < -0.4 is 9.64 Å². The van der Waals surface area contributed by atoms with Crippen molar-refractivity contribution < 1.29 is 14.3 Å². The van der Waals surface area contributed by atoms with E-state index in [1.54, 1.807) is 4.90 Å². The smallest absolute Gasteiger partial charge is 0.318 e. The van der Waals surface area contributed by atoms with Gasteiger partial charge in [-0.1, -0.05) is 24.8 Å². The molecule has 0 N–H and O–H groups in total. The first kappa shape index (κ1) is 29.0. The average Bonchev–Trinajstić information content (AvgIpc) is 3.43. The van der Waals surface area contributed by atoms with Gasteiger partial charge in [0.2, 0.25) is 5.91 Å². The van der Waals surface area contributed by atoms with E-state index in [-0.39, 0.29) is 29.2 Å². The van der Waals surface area contributed by atoms with Crippen molar-refractivity contribution in [3.05, 3.63) is 53.7 Å². The molecule has 1 amide bonds. The zero-order chi connectivity index (χ0) is 29.3. The van der Waals surface area contributed by atoms with Crippen LogP contribution in [0, 0.1) is 11.3 Å². The number of methoxy groups -OCH3 is 1. The van der Waals surface area contributed by atoms with Gasteiger partial charge in [-0.3, -0.25) is 4.79 Å². The van der Waals surface area contributed by atoms with Gasteiger partial charge in [-0.05, 0) is 57.0 Å². The second kappa shape index (κ2) is 12.2. The van der Waals surface area contributed by atoms with Gasteiger partial charge in [-0.15, -0.1) is 11.8 Å². The molecule has 3 unspecified atom stereocenters. The molecule has 3 aliphatic heterocycles. The first-order chi connectivity index (χ1) is 20.4. The average molecular weight is 589 g/mol. The molecule has 10 heteroatoms. The number of aromatic nitrogens is 2. The lowest BCUT2D eigenvalue weighted by Gasteiger charge is -2.47. The van der Waals surface area contributed by atoms with Crippen molar-refractivity contribution in [3.63, 3.8) is 0 Å². The molecular formula is C32H40N6O3S. The third-order valence-corrected chi connectivity index (χ3v) is 11.2. The SMILES string of the molecule is C=CC(=O)N1CCN(c2nc(OCC3CCCN3C)nc3c2CC[C@]2(C3)Sc3ccccc3CC2OC)CC1CC#N. The van der Waals surface area contributed by atoms with Gasteiger partial charge in [0.15, 0.2) is 0 Å². The molecule has 42 heavy (non-hydrogen) atoms. The summed E-state index contributed by atoms with van der Waals surface area (Å²) < 4.78 is 12.4. The van der Waals surface area contributed by atoms with Gasteiger partial charge in [0.1, 0.15) is 12.4 Å². The lowest BCUT2D eigenvalue weighted by molar-refractivity contribution is -0.128. The van der Waals surface area contributed by atoms with Crippen LogP contribution in [0.2, 0.25) is 0 Å². The Bertz CT molecular complexity index is 1380. The fraction of sp³-hybridized carbons (Fsp3) is 0.562. The monoisotopic (exact) mass is 588 g/mol. The van der Waals surface area contributed by atoms with Crippen LogP contribution >= 0.6 is 11.8 Å². The molecule has 0 radical (unpaired) electrons. The molecule has 1 aromatic carbocycles. The molecule has 9 nitrogen and oxygen atoms in total. The Morgan fingerprint density at radius 3 is 2.88 bits per heavy atom. The molecule has 0 bridgehead atoms. The van der Waals surface area contributed by atoms with Gasteiger partial charge in [-0.25, -0.2) is 0 Å². The summed E-state index contributed by atoms with van der Waals surface area (Å²) in [5, 5.41) is 9.54. The summed E-state index contributed by atoms with van der Waals surface area (Å²) in [6, 6.07) is 11.5. The lowest BCUT2D eigenvalue weighted by atomic mass is 9.80. The number of likely N-dealkylation sites (tertiary alicyclic amines) is 1. The number of carbonyl (C=O) groups excluding carboxylic acids is 1. The number of carbonyl (C=O) groups is 1. The number of fused-ring (bicyclic) bond motifs is 2. The molecule has 1 aliphatic carbocycles. The summed E-state index contributed by atoms with van der Waals surface area (Å²) >= 11 is 1.93. The number of rotatable bonds is 7. The van der Waals surface area contributed by atoms with Gasteiger partial charge in [0.25, 0.3) is 0 Å². The number of hydrogen-bond donors (Lipinski definition) is 0. The number of benzene rings is 1. The topological polar surface area (TPSA) is 94.8 Å². The van der Waals surface area contributed by atoms with Gasteiger partial charge >= 0.3 is 6.01 Å². The van der Waals surface area contributed by atoms with Gasteiger partial charge in [0.05, 0.1) is 35.1 Å². The quantitative estimate of drug-likeness (QED) is 0.449. The molecule has 0 saturated carbocycles. The van der Waals surface area contributed by atoms with Crippen LogP contribution in [0.1, 0.15) is 42.5 Å². The molecular weight excluding hydrogens is 548 g/mol. The third kappa shape index (κ3) is 5.50. The molecule has 4 heterocycles. The highest BCUT2D eigenvalue weighted by Gasteiger charge is 2.47. The maximum Gasteiger partial charge on any atom is 0.318 e. The second-order valence-electron chi connectivity index (χ2n) is 11.9. The van der Waals surface area contributed by atoms with Crippen molar-refractivity contribution in [3.8, 4) is 12.1 Å². The van der Waals surface area contributed by atoms with Crippen LogP contribution in [0.15, 0.2) is 41.8 Å². The van der Waals surface area contributed by atoms with E-state index < -0.39 is 0 Å². The minimum Gasteiger partial charge on any atom is -0.462 e. The van der Waals surface area contributed by atoms with E-state index in [1.807, 2.05) is 18.9 Å². The number of anilines is 1. The molecule has 2 fully saturated rings. The van der Waals surface area contributed by atoms with Crippen LogP contribution in [0.5, 0.6) is 6.01 Å². The molecule has 4 aliphatic rings. The largest absolute Gasteiger partial charge is 0.462 e. The molecule has 1 spiro atoms. The maximum atomic E-state index is 12.6. The van der Waals surface area contributed by atoms with E-state index in [2.05, 4.69) is 53.8 Å². The standard InChI is InChI=1S/C32H40N6O3S/c1-4-29(39)38-17-16-37(20-23(38)12-14-33)30-25-11-13-32(28(40-3)18-22-8-5-6-10-27(22)42-32)19-26(25)34-31(35-30)41-21-24-9-7-15-36(24)2/h4-6,8,10,23-24,28H,1,7,9,11-13,15-21H2,2-3H3/t23?,24?,28?,32-/m1/s1. The number of ether oxygens (including phenoxy) is 2. The van der Waals surface area contributed by atoms with E-state index in [0.717, 1.165) is 55.7 Å². The van der Waals surface area contributed by atoms with Crippen LogP contribution in [0.3, 0.4) is 0 Å². The summed E-state index contributed by atoms with van der Waals surface area (Å²) in [5.74, 6) is 0.750. The van der Waals surface area contributed by atoms with E-state index >= 15 is 0 Å². The predicted molar refractivity (Wildman–Crippen MR) is 163 cm³/mol. The number of hydrogen-bond acceptors (Lipinski definition) is 9. The van der Waals surface area contributed by atoms with Crippen molar-refractivity contribution in [2.24, 2.45) is 0 Å². The summed E-state index contributed by atoms with van der Waals surface area (Å²) in [6.45, 7) is 6.98. The fourth-order valence-electron chi connectivity index (χ4n) is 7.13. The summed E-state index contributed by atoms with van der Waals surface area (Å²) in [6.07, 6.45) is 7.41. The summed E-state index contributed by atoms with van der Waals surface area (Å²) in [4.78, 5) is 30.3. The van der Waals surface area contributed by atoms with E-state index in [4.69, 9.17) is 19.4 Å². The Kier molecular flexibility index (Phi) is 8.44.